The molecule has 0 amide bonds. The minimum absolute atomic E-state index is 0.109. The van der Waals surface area contributed by atoms with E-state index in [1.54, 1.807) is 14.2 Å². The van der Waals surface area contributed by atoms with Gasteiger partial charge >= 0.3 is 0 Å². The number of aryl methyl sites for hydroxylation is 1. The van der Waals surface area contributed by atoms with Gasteiger partial charge in [0.05, 0.1) is 25.1 Å². The zero-order valence-electron chi connectivity index (χ0n) is 16.5. The average Bonchev–Trinajstić information content (AvgIpc) is 3.21. The molecule has 0 spiro atoms. The first-order chi connectivity index (χ1) is 13.5. The molecule has 9 heteroatoms. The molecule has 28 heavy (non-hydrogen) atoms. The van der Waals surface area contributed by atoms with Crippen molar-refractivity contribution in [3.05, 3.63) is 34.5 Å². The van der Waals surface area contributed by atoms with Gasteiger partial charge in [0, 0.05) is 26.2 Å². The maximum absolute atomic E-state index is 10.9. The van der Waals surface area contributed by atoms with Crippen LogP contribution in [0.3, 0.4) is 0 Å². The molecular weight excluding hydrogens is 378 g/mol. The number of benzene rings is 1. The molecule has 1 aliphatic rings. The lowest BCUT2D eigenvalue weighted by Gasteiger charge is -2.37. The third-order valence-corrected chi connectivity index (χ3v) is 6.25. The normalized spacial score (nSPS) is 17.1. The summed E-state index contributed by atoms with van der Waals surface area (Å²) in [5.74, 6) is 2.16. The summed E-state index contributed by atoms with van der Waals surface area (Å²) >= 11 is 1.48. The topological polar surface area (TPSA) is 75.4 Å². The van der Waals surface area contributed by atoms with E-state index in [1.807, 2.05) is 25.1 Å². The fourth-order valence-electron chi connectivity index (χ4n) is 3.66. The summed E-state index contributed by atoms with van der Waals surface area (Å²) in [6.07, 6.45) is 0. The van der Waals surface area contributed by atoms with E-state index in [2.05, 4.69) is 26.9 Å². The Bertz CT molecular complexity index is 978. The van der Waals surface area contributed by atoms with E-state index in [0.717, 1.165) is 36.6 Å². The molecule has 1 unspecified atom stereocenters. The number of hydrogen-bond acceptors (Lipinski definition) is 8. The molecule has 1 aliphatic heterocycles. The van der Waals surface area contributed by atoms with Gasteiger partial charge in [-0.1, -0.05) is 17.4 Å². The molecule has 1 aromatic carbocycles. The second kappa shape index (κ2) is 7.57. The highest BCUT2D eigenvalue weighted by atomic mass is 32.1. The van der Waals surface area contributed by atoms with Gasteiger partial charge in [0.2, 0.25) is 10.8 Å². The van der Waals surface area contributed by atoms with E-state index in [4.69, 9.17) is 9.47 Å². The number of ether oxygens (including phenoxy) is 2. The van der Waals surface area contributed by atoms with Crippen molar-refractivity contribution in [1.29, 1.82) is 0 Å². The first-order valence-corrected chi connectivity index (χ1v) is 10.0. The standard InChI is InChI=1S/C19H25N5O3S/c1-12-20-19-24(21-12)18(25)17(28-19)16(23-9-7-22(2)8-10-23)13-5-6-14(26-3)15(11-13)27-4/h5-6,11,16,25H,7-10H2,1-4H3. The molecule has 3 heterocycles. The number of methoxy groups -OCH3 is 2. The lowest BCUT2D eigenvalue weighted by atomic mass is 10.0. The van der Waals surface area contributed by atoms with Gasteiger partial charge in [-0.3, -0.25) is 4.90 Å². The summed E-state index contributed by atoms with van der Waals surface area (Å²) in [6, 6.07) is 5.82. The molecule has 1 N–H and O–H groups in total. The molecule has 1 fully saturated rings. The van der Waals surface area contributed by atoms with Crippen molar-refractivity contribution >= 4 is 16.3 Å². The number of aromatic hydroxyl groups is 1. The SMILES string of the molecule is COc1ccc(C(c2sc3nc(C)nn3c2O)N2CCN(C)CC2)cc1OC. The van der Waals surface area contributed by atoms with Gasteiger partial charge in [0.1, 0.15) is 5.82 Å². The van der Waals surface area contributed by atoms with Crippen LogP contribution in [0.15, 0.2) is 18.2 Å². The van der Waals surface area contributed by atoms with E-state index >= 15 is 0 Å². The Balaban J connectivity index is 1.81. The Morgan fingerprint density at radius 3 is 2.46 bits per heavy atom. The van der Waals surface area contributed by atoms with Crippen LogP contribution < -0.4 is 9.47 Å². The summed E-state index contributed by atoms with van der Waals surface area (Å²) in [7, 11) is 5.39. The molecule has 1 atom stereocenters. The van der Waals surface area contributed by atoms with Gasteiger partial charge in [-0.15, -0.1) is 5.10 Å². The van der Waals surface area contributed by atoms with E-state index < -0.39 is 0 Å². The summed E-state index contributed by atoms with van der Waals surface area (Å²) in [6.45, 7) is 5.59. The highest BCUT2D eigenvalue weighted by Gasteiger charge is 2.31. The van der Waals surface area contributed by atoms with E-state index in [-0.39, 0.29) is 11.9 Å². The Labute approximate surface area is 167 Å². The average molecular weight is 404 g/mol. The quantitative estimate of drug-likeness (QED) is 0.700. The molecule has 150 valence electrons. The zero-order valence-corrected chi connectivity index (χ0v) is 17.4. The minimum atomic E-state index is -0.109. The molecule has 1 saturated heterocycles. The third-order valence-electron chi connectivity index (χ3n) is 5.18. The summed E-state index contributed by atoms with van der Waals surface area (Å²) in [5, 5.41) is 15.2. The van der Waals surface area contributed by atoms with Crippen molar-refractivity contribution in [1.82, 2.24) is 24.4 Å². The van der Waals surface area contributed by atoms with Crippen molar-refractivity contribution in [3.63, 3.8) is 0 Å². The molecule has 0 bridgehead atoms. The Morgan fingerprint density at radius 1 is 1.11 bits per heavy atom. The number of fused-ring (bicyclic) bond motifs is 1. The minimum Gasteiger partial charge on any atom is -0.493 e. The van der Waals surface area contributed by atoms with Crippen LogP contribution in [-0.2, 0) is 0 Å². The highest BCUT2D eigenvalue weighted by Crippen LogP contribution is 2.42. The second-order valence-corrected chi connectivity index (χ2v) is 8.01. The number of nitrogens with zero attached hydrogens (tertiary/aromatic N) is 5. The second-order valence-electron chi connectivity index (χ2n) is 7.00. The van der Waals surface area contributed by atoms with Crippen molar-refractivity contribution in [3.8, 4) is 17.4 Å². The molecule has 2 aromatic heterocycles. The predicted octanol–water partition coefficient (Wildman–Crippen LogP) is 2.16. The lowest BCUT2D eigenvalue weighted by molar-refractivity contribution is 0.127. The van der Waals surface area contributed by atoms with Crippen LogP contribution in [0.4, 0.5) is 0 Å². The van der Waals surface area contributed by atoms with Gasteiger partial charge in [-0.2, -0.15) is 4.52 Å². The number of thiazole rings is 1. The molecule has 8 nitrogen and oxygen atoms in total. The van der Waals surface area contributed by atoms with Gasteiger partial charge in [-0.05, 0) is 31.7 Å². The summed E-state index contributed by atoms with van der Waals surface area (Å²) in [5.41, 5.74) is 1.04. The summed E-state index contributed by atoms with van der Waals surface area (Å²) < 4.78 is 12.4. The fourth-order valence-corrected chi connectivity index (χ4v) is 4.82. The third kappa shape index (κ3) is 3.30. The Kier molecular flexibility index (Phi) is 5.13. The van der Waals surface area contributed by atoms with Crippen LogP contribution in [0.2, 0.25) is 0 Å². The first kappa shape index (κ1) is 19.0. The van der Waals surface area contributed by atoms with Crippen molar-refractivity contribution in [2.75, 3.05) is 47.4 Å². The van der Waals surface area contributed by atoms with Gasteiger partial charge in [-0.25, -0.2) is 4.98 Å². The van der Waals surface area contributed by atoms with Crippen LogP contribution in [0.5, 0.6) is 17.4 Å². The lowest BCUT2D eigenvalue weighted by Crippen LogP contribution is -2.46. The van der Waals surface area contributed by atoms with Crippen LogP contribution in [0, 0.1) is 6.92 Å². The highest BCUT2D eigenvalue weighted by molar-refractivity contribution is 7.17. The maximum Gasteiger partial charge on any atom is 0.230 e. The number of rotatable bonds is 5. The van der Waals surface area contributed by atoms with Crippen molar-refractivity contribution in [2.45, 2.75) is 13.0 Å². The molecule has 0 aliphatic carbocycles. The van der Waals surface area contributed by atoms with Crippen LogP contribution in [0.25, 0.3) is 4.96 Å². The van der Waals surface area contributed by atoms with Crippen molar-refractivity contribution in [2.24, 2.45) is 0 Å². The first-order valence-electron chi connectivity index (χ1n) is 9.21. The molecule has 4 rings (SSSR count). The maximum atomic E-state index is 10.9. The fraction of sp³-hybridized carbons (Fsp3) is 0.474. The van der Waals surface area contributed by atoms with Crippen LogP contribution in [-0.4, -0.2) is 77.0 Å². The molecule has 0 radical (unpaired) electrons. The van der Waals surface area contributed by atoms with E-state index in [0.29, 0.717) is 22.3 Å². The van der Waals surface area contributed by atoms with Crippen molar-refractivity contribution < 1.29 is 14.6 Å². The Hall–Kier alpha value is -2.36. The van der Waals surface area contributed by atoms with Crippen LogP contribution >= 0.6 is 11.3 Å². The molecular formula is C19H25N5O3S. The molecule has 0 saturated carbocycles. The predicted molar refractivity (Wildman–Crippen MR) is 108 cm³/mol. The number of piperazine rings is 1. The van der Waals surface area contributed by atoms with E-state index in [1.165, 1.54) is 15.9 Å². The largest absolute Gasteiger partial charge is 0.493 e. The molecule has 3 aromatic rings. The van der Waals surface area contributed by atoms with E-state index in [9.17, 15) is 5.11 Å². The Morgan fingerprint density at radius 2 is 1.82 bits per heavy atom. The van der Waals surface area contributed by atoms with Gasteiger partial charge in [0.15, 0.2) is 11.5 Å². The van der Waals surface area contributed by atoms with Gasteiger partial charge < -0.3 is 19.5 Å². The monoisotopic (exact) mass is 403 g/mol. The summed E-state index contributed by atoms with van der Waals surface area (Å²) in [4.78, 5) is 10.7. The smallest absolute Gasteiger partial charge is 0.230 e. The van der Waals surface area contributed by atoms with Crippen LogP contribution in [0.1, 0.15) is 22.3 Å². The zero-order chi connectivity index (χ0) is 19.8. The number of aromatic nitrogens is 3. The number of likely N-dealkylation sites (N-methyl/N-ethyl adjacent to an activating group) is 1. The van der Waals surface area contributed by atoms with Gasteiger partial charge in [0.25, 0.3) is 0 Å². The number of hydrogen-bond donors (Lipinski definition) is 1.